The lowest BCUT2D eigenvalue weighted by Crippen LogP contribution is -2.24. The summed E-state index contributed by atoms with van der Waals surface area (Å²) < 4.78 is 6.77. The third-order valence-corrected chi connectivity index (χ3v) is 3.36. The van der Waals surface area contributed by atoms with Crippen LogP contribution in [0.5, 0.6) is 0 Å². The average molecular weight is 308 g/mol. The third kappa shape index (κ3) is 2.16. The molecular weight excluding hydrogens is 296 g/mol. The molecule has 0 aliphatic carbocycles. The lowest BCUT2D eigenvalue weighted by Gasteiger charge is -2.15. The van der Waals surface area contributed by atoms with E-state index >= 15 is 0 Å². The summed E-state index contributed by atoms with van der Waals surface area (Å²) in [6.45, 7) is -0.378. The Bertz CT molecular complexity index is 822. The van der Waals surface area contributed by atoms with Crippen molar-refractivity contribution in [2.24, 2.45) is 5.11 Å². The molecule has 1 aliphatic rings. The van der Waals surface area contributed by atoms with Crippen LogP contribution >= 0.6 is 0 Å². The number of aliphatic hydroxyl groups excluding tert-OH is 2. The van der Waals surface area contributed by atoms with E-state index in [0.717, 1.165) is 0 Å². The minimum Gasteiger partial charge on any atom is -0.394 e. The highest BCUT2D eigenvalue weighted by Gasteiger charge is 2.36. The molecule has 0 radical (unpaired) electrons. The van der Waals surface area contributed by atoms with Gasteiger partial charge in [-0.3, -0.25) is 14.3 Å². The number of nitrogen functional groups attached to an aromatic ring is 1. The van der Waals surface area contributed by atoms with Gasteiger partial charge in [0.15, 0.2) is 11.2 Å². The van der Waals surface area contributed by atoms with Crippen molar-refractivity contribution in [2.75, 3.05) is 12.3 Å². The van der Waals surface area contributed by atoms with E-state index in [-0.39, 0.29) is 36.1 Å². The second-order valence-corrected chi connectivity index (χ2v) is 4.71. The summed E-state index contributed by atoms with van der Waals surface area (Å²) in [5.41, 5.74) is 13.6. The van der Waals surface area contributed by atoms with E-state index in [2.05, 4.69) is 25.0 Å². The number of hydrogen-bond acceptors (Lipinski definition) is 8. The quantitative estimate of drug-likeness (QED) is 0.327. The number of aliphatic hydroxyl groups is 2. The Morgan fingerprint density at radius 2 is 2.36 bits per heavy atom. The van der Waals surface area contributed by atoms with Gasteiger partial charge in [-0.15, -0.1) is 0 Å². The van der Waals surface area contributed by atoms with Gasteiger partial charge < -0.3 is 20.7 Å². The molecule has 0 saturated carbocycles. The monoisotopic (exact) mass is 308 g/mol. The summed E-state index contributed by atoms with van der Waals surface area (Å²) in [7, 11) is 0. The lowest BCUT2D eigenvalue weighted by atomic mass is 10.2. The van der Waals surface area contributed by atoms with E-state index < -0.39 is 24.0 Å². The molecule has 2 aromatic heterocycles. The minimum atomic E-state index is -0.911. The molecule has 1 unspecified atom stereocenters. The van der Waals surface area contributed by atoms with Crippen LogP contribution in [0.25, 0.3) is 21.6 Å². The highest BCUT2D eigenvalue weighted by Crippen LogP contribution is 2.34. The molecule has 3 heterocycles. The Balaban J connectivity index is 2.21. The largest absolute Gasteiger partial charge is 0.394 e. The number of nitrogens with zero attached hydrogens (tertiary/aromatic N) is 6. The van der Waals surface area contributed by atoms with Gasteiger partial charge in [0, 0.05) is 11.3 Å². The van der Waals surface area contributed by atoms with E-state index in [1.807, 2.05) is 0 Å². The Morgan fingerprint density at radius 3 is 3.00 bits per heavy atom. The van der Waals surface area contributed by atoms with Crippen molar-refractivity contribution in [2.45, 2.75) is 24.9 Å². The molecule has 0 bridgehead atoms. The van der Waals surface area contributed by atoms with Gasteiger partial charge in [-0.1, -0.05) is 0 Å². The fourth-order valence-electron chi connectivity index (χ4n) is 2.40. The van der Waals surface area contributed by atoms with Gasteiger partial charge in [0.1, 0.15) is 12.3 Å². The molecule has 1 saturated heterocycles. The number of hydrogen-bond donors (Lipinski definition) is 4. The molecule has 12 nitrogen and oxygen atoms in total. The molecular formula is C10H12N8O4. The number of fused-ring (bicyclic) bond motifs is 1. The molecule has 12 heteroatoms. The van der Waals surface area contributed by atoms with E-state index in [0.29, 0.717) is 0 Å². The number of nitrogens with one attached hydrogen (secondary N) is 1. The third-order valence-electron chi connectivity index (χ3n) is 3.36. The molecule has 3 atom stereocenters. The standard InChI is InChI=1S/C10H12N8O4/c11-9-14-7-6(8(21)15-9)13-10(16-17-12)18(7)5-1-3(20)4(2-19)22-5/h3-5,19-20H,1-2H2,(H3,11,14,15,21)/t3?,4-,5-/m1/s1. The van der Waals surface area contributed by atoms with Crippen molar-refractivity contribution in [1.82, 2.24) is 19.5 Å². The number of aromatic nitrogens is 4. The summed E-state index contributed by atoms with van der Waals surface area (Å²) >= 11 is 0. The number of anilines is 1. The first-order chi connectivity index (χ1) is 10.5. The van der Waals surface area contributed by atoms with Crippen LogP contribution in [0.2, 0.25) is 0 Å². The van der Waals surface area contributed by atoms with Crippen LogP contribution in [0.3, 0.4) is 0 Å². The number of H-pyrrole nitrogens is 1. The molecule has 3 rings (SSSR count). The highest BCUT2D eigenvalue weighted by molar-refractivity contribution is 5.74. The van der Waals surface area contributed by atoms with Crippen LogP contribution in [0, 0.1) is 0 Å². The fourth-order valence-corrected chi connectivity index (χ4v) is 2.40. The molecule has 0 spiro atoms. The summed E-state index contributed by atoms with van der Waals surface area (Å²) in [5, 5.41) is 22.4. The Labute approximate surface area is 121 Å². The SMILES string of the molecule is [N-]=[N+]=Nc1nc2c(=O)[nH]c(N)nc2n1[C@H]1CC(O)[C@@H](CO)O1. The van der Waals surface area contributed by atoms with Crippen molar-refractivity contribution < 1.29 is 14.9 Å². The first-order valence-corrected chi connectivity index (χ1v) is 6.32. The van der Waals surface area contributed by atoms with Crippen LogP contribution < -0.4 is 11.3 Å². The fraction of sp³-hybridized carbons (Fsp3) is 0.500. The summed E-state index contributed by atoms with van der Waals surface area (Å²) in [5.74, 6) is -0.278. The topological polar surface area (TPSA) is 188 Å². The van der Waals surface area contributed by atoms with Crippen LogP contribution in [0.4, 0.5) is 11.9 Å². The zero-order valence-electron chi connectivity index (χ0n) is 11.1. The normalized spacial score (nSPS) is 24.5. The second kappa shape index (κ2) is 5.27. The van der Waals surface area contributed by atoms with Crippen LogP contribution in [0.15, 0.2) is 9.91 Å². The molecule has 2 aromatic rings. The second-order valence-electron chi connectivity index (χ2n) is 4.71. The van der Waals surface area contributed by atoms with E-state index in [1.165, 1.54) is 4.57 Å². The number of imidazole rings is 1. The zero-order valence-corrected chi connectivity index (χ0v) is 11.1. The van der Waals surface area contributed by atoms with E-state index in [1.54, 1.807) is 0 Å². The number of nitrogens with two attached hydrogens (primary N) is 1. The predicted molar refractivity (Wildman–Crippen MR) is 73.0 cm³/mol. The Hall–Kier alpha value is -2.66. The van der Waals surface area contributed by atoms with Gasteiger partial charge >= 0.3 is 0 Å². The number of rotatable bonds is 3. The molecule has 0 amide bonds. The molecule has 0 aromatic carbocycles. The van der Waals surface area contributed by atoms with Crippen molar-refractivity contribution >= 4 is 23.1 Å². The Kier molecular flexibility index (Phi) is 3.42. The van der Waals surface area contributed by atoms with Gasteiger partial charge in [-0.25, -0.2) is 4.98 Å². The maximum absolute atomic E-state index is 11.9. The number of azide groups is 1. The molecule has 5 N–H and O–H groups in total. The van der Waals surface area contributed by atoms with Crippen molar-refractivity contribution in [3.05, 3.63) is 20.8 Å². The van der Waals surface area contributed by atoms with Crippen LogP contribution in [-0.4, -0.2) is 48.5 Å². The maximum atomic E-state index is 11.9. The van der Waals surface area contributed by atoms with Crippen molar-refractivity contribution in [1.29, 1.82) is 0 Å². The predicted octanol–water partition coefficient (Wildman–Crippen LogP) is -0.716. The lowest BCUT2D eigenvalue weighted by molar-refractivity contribution is -0.0426. The van der Waals surface area contributed by atoms with E-state index in [4.69, 9.17) is 21.1 Å². The van der Waals surface area contributed by atoms with Crippen LogP contribution in [-0.2, 0) is 4.74 Å². The minimum absolute atomic E-state index is 0.0675. The van der Waals surface area contributed by atoms with Crippen molar-refractivity contribution in [3.63, 3.8) is 0 Å². The van der Waals surface area contributed by atoms with Gasteiger partial charge in [0.05, 0.1) is 12.7 Å². The molecule has 1 aliphatic heterocycles. The molecule has 116 valence electrons. The smallest absolute Gasteiger partial charge is 0.280 e. The maximum Gasteiger partial charge on any atom is 0.280 e. The van der Waals surface area contributed by atoms with Crippen molar-refractivity contribution in [3.8, 4) is 0 Å². The van der Waals surface area contributed by atoms with Gasteiger partial charge in [-0.05, 0) is 10.6 Å². The highest BCUT2D eigenvalue weighted by atomic mass is 16.5. The van der Waals surface area contributed by atoms with Gasteiger partial charge in [-0.2, -0.15) is 4.98 Å². The van der Waals surface area contributed by atoms with Crippen LogP contribution in [0.1, 0.15) is 12.6 Å². The molecule has 1 fully saturated rings. The average Bonchev–Trinajstić information content (AvgIpc) is 2.99. The number of aromatic amines is 1. The van der Waals surface area contributed by atoms with Gasteiger partial charge in [0.2, 0.25) is 11.9 Å². The van der Waals surface area contributed by atoms with Gasteiger partial charge in [0.25, 0.3) is 5.56 Å². The number of ether oxygens (including phenoxy) is 1. The summed E-state index contributed by atoms with van der Waals surface area (Å²) in [6, 6.07) is 0. The zero-order chi connectivity index (χ0) is 15.9. The first kappa shape index (κ1) is 14.3. The Morgan fingerprint density at radius 1 is 1.59 bits per heavy atom. The summed E-state index contributed by atoms with van der Waals surface area (Å²) in [6.07, 6.45) is -2.39. The summed E-state index contributed by atoms with van der Waals surface area (Å²) in [4.78, 5) is 24.7. The first-order valence-electron chi connectivity index (χ1n) is 6.32. The molecule has 22 heavy (non-hydrogen) atoms. The van der Waals surface area contributed by atoms with E-state index in [9.17, 15) is 9.90 Å².